The average Bonchev–Trinajstić information content (AvgIpc) is 2.38. The van der Waals surface area contributed by atoms with E-state index >= 15 is 0 Å². The van der Waals surface area contributed by atoms with Crippen LogP contribution < -0.4 is 15.8 Å². The van der Waals surface area contributed by atoms with E-state index in [2.05, 4.69) is 10.1 Å². The van der Waals surface area contributed by atoms with Crippen molar-refractivity contribution in [3.63, 3.8) is 0 Å². The first-order valence-electron chi connectivity index (χ1n) is 6.56. The molecule has 0 heterocycles. The van der Waals surface area contributed by atoms with Gasteiger partial charge in [-0.15, -0.1) is 0 Å². The van der Waals surface area contributed by atoms with Gasteiger partial charge in [-0.1, -0.05) is 24.9 Å². The lowest BCUT2D eigenvalue weighted by atomic mass is 9.96. The molecule has 0 saturated heterocycles. The number of amides is 1. The van der Waals surface area contributed by atoms with Gasteiger partial charge in [0.2, 0.25) is 5.91 Å². The van der Waals surface area contributed by atoms with Gasteiger partial charge in [-0.25, -0.2) is 0 Å². The Labute approximate surface area is 127 Å². The molecule has 21 heavy (non-hydrogen) atoms. The van der Waals surface area contributed by atoms with Crippen LogP contribution in [0.1, 0.15) is 32.3 Å². The summed E-state index contributed by atoms with van der Waals surface area (Å²) in [4.78, 5) is 12.0. The van der Waals surface area contributed by atoms with Crippen molar-refractivity contribution in [3.8, 4) is 5.75 Å². The van der Waals surface area contributed by atoms with E-state index < -0.39 is 12.2 Å². The Morgan fingerprint density at radius 2 is 2.19 bits per heavy atom. The fraction of sp³-hybridized carbons (Fsp3) is 0.500. The molecule has 0 fully saturated rings. The van der Waals surface area contributed by atoms with Crippen molar-refractivity contribution in [2.45, 2.75) is 45.4 Å². The maximum absolute atomic E-state index is 12.3. The predicted octanol–water partition coefficient (Wildman–Crippen LogP) is 3.08. The lowest BCUT2D eigenvalue weighted by Gasteiger charge is -2.23. The van der Waals surface area contributed by atoms with E-state index in [1.54, 1.807) is 6.92 Å². The van der Waals surface area contributed by atoms with E-state index in [1.165, 1.54) is 18.2 Å². The second-order valence-electron chi connectivity index (χ2n) is 4.98. The third kappa shape index (κ3) is 5.47. The average molecular weight is 321 g/mol. The highest BCUT2D eigenvalue weighted by Gasteiger charge is 2.27. The molecule has 1 aromatic rings. The Bertz CT molecular complexity index is 496. The molecule has 0 aliphatic rings. The zero-order valence-electron chi connectivity index (χ0n) is 12.0. The first kappa shape index (κ1) is 17.7. The number of nitrogens with one attached hydrogen (secondary N) is 1. The Hall–Kier alpha value is -1.40. The number of nitrogens with two attached hydrogens (primary N) is 1. The summed E-state index contributed by atoms with van der Waals surface area (Å²) in [6.45, 7) is 0.614. The molecule has 3 N–H and O–H groups in total. The highest BCUT2D eigenvalue weighted by Crippen LogP contribution is 2.24. The number of hydrogen-bond donors (Lipinski definition) is 2. The number of hydrogen-bond acceptors (Lipinski definition) is 3. The summed E-state index contributed by atoms with van der Waals surface area (Å²) in [6.07, 6.45) is 1.28. The molecule has 7 heteroatoms. The number of carbonyl (C=O) groups excluding carboxylic acids is 1. The molecule has 1 aromatic carbocycles. The first-order chi connectivity index (χ1) is 9.76. The van der Waals surface area contributed by atoms with Crippen molar-refractivity contribution < 1.29 is 18.3 Å². The monoisotopic (exact) mass is 320 g/mol. The van der Waals surface area contributed by atoms with Crippen molar-refractivity contribution in [2.24, 2.45) is 5.73 Å². The Morgan fingerprint density at radius 1 is 1.52 bits per heavy atom. The van der Waals surface area contributed by atoms with Gasteiger partial charge in [-0.05, 0) is 31.5 Å². The smallest absolute Gasteiger partial charge is 0.387 e. The summed E-state index contributed by atoms with van der Waals surface area (Å²) in [7, 11) is 0. The zero-order chi connectivity index (χ0) is 16.0. The largest absolute Gasteiger partial charge is 0.434 e. The second-order valence-corrected chi connectivity index (χ2v) is 5.42. The molecule has 1 atom stereocenters. The maximum Gasteiger partial charge on any atom is 0.387 e. The van der Waals surface area contributed by atoms with Crippen molar-refractivity contribution >= 4 is 17.5 Å². The minimum absolute atomic E-state index is 0.0119. The van der Waals surface area contributed by atoms with Gasteiger partial charge in [-0.3, -0.25) is 4.79 Å². The minimum atomic E-state index is -2.94. The van der Waals surface area contributed by atoms with Crippen molar-refractivity contribution in [3.05, 3.63) is 28.8 Å². The highest BCUT2D eigenvalue weighted by atomic mass is 35.5. The Morgan fingerprint density at radius 3 is 2.76 bits per heavy atom. The maximum atomic E-state index is 12.3. The topological polar surface area (TPSA) is 64.4 Å². The Balaban J connectivity index is 2.78. The number of alkyl halides is 2. The van der Waals surface area contributed by atoms with Crippen LogP contribution in [-0.4, -0.2) is 18.1 Å². The molecule has 4 nitrogen and oxygen atoms in total. The van der Waals surface area contributed by atoms with Gasteiger partial charge in [0.15, 0.2) is 0 Å². The molecule has 0 spiro atoms. The van der Waals surface area contributed by atoms with E-state index in [0.717, 1.165) is 6.42 Å². The van der Waals surface area contributed by atoms with Crippen LogP contribution in [0.15, 0.2) is 18.2 Å². The standard InChI is InChI=1S/C14H19ClF2N2O2/c1-3-6-14(2,18)12(20)19-8-9-7-10(15)4-5-11(9)21-13(16)17/h4-5,7,13H,3,6,8,18H2,1-2H3,(H,19,20). The van der Waals surface area contributed by atoms with Gasteiger partial charge in [0.05, 0.1) is 5.54 Å². The summed E-state index contributed by atoms with van der Waals surface area (Å²) in [5.74, 6) is -0.378. The van der Waals surface area contributed by atoms with E-state index in [1.807, 2.05) is 6.92 Å². The lowest BCUT2D eigenvalue weighted by Crippen LogP contribution is -2.51. The van der Waals surface area contributed by atoms with Crippen LogP contribution in [0, 0.1) is 0 Å². The van der Waals surface area contributed by atoms with E-state index in [-0.39, 0.29) is 18.2 Å². The number of benzene rings is 1. The van der Waals surface area contributed by atoms with Crippen molar-refractivity contribution in [1.82, 2.24) is 5.32 Å². The van der Waals surface area contributed by atoms with Gasteiger partial charge in [-0.2, -0.15) is 8.78 Å². The van der Waals surface area contributed by atoms with Crippen LogP contribution in [0.5, 0.6) is 5.75 Å². The summed E-state index contributed by atoms with van der Waals surface area (Å²) < 4.78 is 29.0. The van der Waals surface area contributed by atoms with Crippen LogP contribution in [0.3, 0.4) is 0 Å². The summed E-state index contributed by atoms with van der Waals surface area (Å²) >= 11 is 5.83. The van der Waals surface area contributed by atoms with Gasteiger partial charge < -0.3 is 15.8 Å². The second kappa shape index (κ2) is 7.56. The number of rotatable bonds is 7. The summed E-state index contributed by atoms with van der Waals surface area (Å²) in [5, 5.41) is 2.98. The fourth-order valence-corrected chi connectivity index (χ4v) is 2.10. The number of halogens is 3. The first-order valence-corrected chi connectivity index (χ1v) is 6.94. The lowest BCUT2D eigenvalue weighted by molar-refractivity contribution is -0.126. The van der Waals surface area contributed by atoms with Crippen LogP contribution >= 0.6 is 11.6 Å². The fourth-order valence-electron chi connectivity index (χ4n) is 1.91. The molecule has 0 aliphatic carbocycles. The van der Waals surface area contributed by atoms with Crippen LogP contribution in [0.2, 0.25) is 5.02 Å². The third-order valence-corrected chi connectivity index (χ3v) is 3.20. The number of carbonyl (C=O) groups is 1. The molecule has 1 unspecified atom stereocenters. The number of ether oxygens (including phenoxy) is 1. The zero-order valence-corrected chi connectivity index (χ0v) is 12.7. The van der Waals surface area contributed by atoms with Crippen LogP contribution in [-0.2, 0) is 11.3 Å². The molecule has 0 saturated carbocycles. The van der Waals surface area contributed by atoms with Gasteiger partial charge in [0, 0.05) is 17.1 Å². The molecule has 0 radical (unpaired) electrons. The molecular weight excluding hydrogens is 302 g/mol. The third-order valence-electron chi connectivity index (χ3n) is 2.97. The molecule has 1 rings (SSSR count). The van der Waals surface area contributed by atoms with Gasteiger partial charge in [0.1, 0.15) is 5.75 Å². The van der Waals surface area contributed by atoms with Crippen molar-refractivity contribution in [1.29, 1.82) is 0 Å². The van der Waals surface area contributed by atoms with Crippen LogP contribution in [0.25, 0.3) is 0 Å². The molecule has 1 amide bonds. The Kier molecular flexibility index (Phi) is 6.36. The summed E-state index contributed by atoms with van der Waals surface area (Å²) in [6, 6.07) is 4.24. The van der Waals surface area contributed by atoms with Gasteiger partial charge >= 0.3 is 6.61 Å². The highest BCUT2D eigenvalue weighted by molar-refractivity contribution is 6.30. The van der Waals surface area contributed by atoms with Crippen molar-refractivity contribution in [2.75, 3.05) is 0 Å². The van der Waals surface area contributed by atoms with Gasteiger partial charge in [0.25, 0.3) is 0 Å². The van der Waals surface area contributed by atoms with Crippen LogP contribution in [0.4, 0.5) is 8.78 Å². The SMILES string of the molecule is CCCC(C)(N)C(=O)NCc1cc(Cl)ccc1OC(F)F. The summed E-state index contributed by atoms with van der Waals surface area (Å²) in [5.41, 5.74) is 5.26. The molecule has 0 bridgehead atoms. The molecule has 0 aliphatic heterocycles. The molecule has 118 valence electrons. The molecule has 0 aromatic heterocycles. The van der Waals surface area contributed by atoms with E-state index in [0.29, 0.717) is 17.0 Å². The quantitative estimate of drug-likeness (QED) is 0.811. The van der Waals surface area contributed by atoms with E-state index in [4.69, 9.17) is 17.3 Å². The predicted molar refractivity (Wildman–Crippen MR) is 77.4 cm³/mol. The molecular formula is C14H19ClF2N2O2. The normalized spacial score (nSPS) is 13.9. The minimum Gasteiger partial charge on any atom is -0.434 e. The van der Waals surface area contributed by atoms with E-state index in [9.17, 15) is 13.6 Å².